The van der Waals surface area contributed by atoms with Crippen molar-refractivity contribution < 1.29 is 33.5 Å². The molecule has 2 rings (SSSR count). The molecule has 1 unspecified atom stereocenters. The van der Waals surface area contributed by atoms with E-state index in [2.05, 4.69) is 16.0 Å². The van der Waals surface area contributed by atoms with Crippen LogP contribution in [-0.2, 0) is 33.5 Å². The summed E-state index contributed by atoms with van der Waals surface area (Å²) in [6.07, 6.45) is 0.325. The van der Waals surface area contributed by atoms with Crippen molar-refractivity contribution in [3.8, 4) is 0 Å². The zero-order valence-electron chi connectivity index (χ0n) is 24.2. The molecular formula is C27H45N5O7. The fourth-order valence-electron chi connectivity index (χ4n) is 4.74. The lowest BCUT2D eigenvalue weighted by Crippen LogP contribution is -2.59. The van der Waals surface area contributed by atoms with Crippen LogP contribution >= 0.6 is 0 Å². The van der Waals surface area contributed by atoms with Gasteiger partial charge in [0.1, 0.15) is 24.2 Å². The van der Waals surface area contributed by atoms with E-state index in [9.17, 15) is 28.8 Å². The number of ether oxygens (including phenoxy) is 1. The summed E-state index contributed by atoms with van der Waals surface area (Å²) in [6.45, 7) is 10.9. The Morgan fingerprint density at radius 1 is 0.949 bits per heavy atom. The number of rotatable bonds is 4. The van der Waals surface area contributed by atoms with Crippen LogP contribution in [0.1, 0.15) is 73.6 Å². The minimum atomic E-state index is -1.07. The molecule has 2 aliphatic rings. The maximum Gasteiger partial charge on any atom is 0.308 e. The molecule has 2 heterocycles. The number of nitrogens with one attached hydrogen (secondary N) is 3. The number of fused-ring (bicyclic) bond motifs is 1. The van der Waals surface area contributed by atoms with Gasteiger partial charge >= 0.3 is 5.97 Å². The number of cyclic esters (lactones) is 1. The molecule has 2 aliphatic heterocycles. The molecule has 0 radical (unpaired) electrons. The molecule has 2 fully saturated rings. The lowest BCUT2D eigenvalue weighted by Gasteiger charge is -2.32. The lowest BCUT2D eigenvalue weighted by molar-refractivity contribution is -0.162. The summed E-state index contributed by atoms with van der Waals surface area (Å²) in [6, 6.07) is -3.54. The average Bonchev–Trinajstić information content (AvgIpc) is 3.37. The van der Waals surface area contributed by atoms with Crippen LogP contribution < -0.4 is 16.0 Å². The number of amides is 5. The van der Waals surface area contributed by atoms with Crippen LogP contribution in [0, 0.1) is 11.8 Å². The summed E-state index contributed by atoms with van der Waals surface area (Å²) in [5.41, 5.74) is 0. The van der Waals surface area contributed by atoms with Crippen LogP contribution in [0.2, 0.25) is 0 Å². The van der Waals surface area contributed by atoms with Gasteiger partial charge in [-0.05, 0) is 44.4 Å². The Bertz CT molecular complexity index is 937. The van der Waals surface area contributed by atoms with Gasteiger partial charge in [0.05, 0.1) is 6.42 Å². The van der Waals surface area contributed by atoms with Gasteiger partial charge in [-0.1, -0.05) is 34.6 Å². The van der Waals surface area contributed by atoms with Crippen molar-refractivity contribution in [1.82, 2.24) is 25.8 Å². The van der Waals surface area contributed by atoms with E-state index in [1.807, 2.05) is 13.8 Å². The van der Waals surface area contributed by atoms with Crippen molar-refractivity contribution in [2.75, 3.05) is 20.1 Å². The Balaban J connectivity index is 2.40. The van der Waals surface area contributed by atoms with Crippen LogP contribution in [0.15, 0.2) is 0 Å². The predicted molar refractivity (Wildman–Crippen MR) is 143 cm³/mol. The Hall–Kier alpha value is -3.18. The van der Waals surface area contributed by atoms with Crippen LogP contribution in [0.3, 0.4) is 0 Å². The summed E-state index contributed by atoms with van der Waals surface area (Å²) in [5.74, 6) is -3.27. The molecule has 3 N–H and O–H groups in total. The van der Waals surface area contributed by atoms with E-state index in [4.69, 9.17) is 4.74 Å². The first-order valence-electron chi connectivity index (χ1n) is 13.9. The zero-order valence-corrected chi connectivity index (χ0v) is 24.2. The van der Waals surface area contributed by atoms with Crippen LogP contribution in [0.4, 0.5) is 0 Å². The summed E-state index contributed by atoms with van der Waals surface area (Å²) >= 11 is 0. The molecule has 0 aromatic rings. The third-order valence-electron chi connectivity index (χ3n) is 7.28. The molecule has 0 saturated carbocycles. The van der Waals surface area contributed by atoms with Crippen molar-refractivity contribution in [2.45, 2.75) is 104 Å². The SMILES string of the molecule is CC[C@@H]1NC(=O)[C@@H]2CCCN2C(=O)[C@@H](CC(C)C)OC(=O)CCNC(=O)C(C)N(C)C(=O)[C@H](C(C)C)NC1=O. The molecule has 2 saturated heterocycles. The summed E-state index contributed by atoms with van der Waals surface area (Å²) < 4.78 is 5.54. The first-order chi connectivity index (χ1) is 18.3. The number of likely N-dealkylation sites (N-methyl/N-ethyl adjacent to an activating group) is 1. The molecule has 0 bridgehead atoms. The topological polar surface area (TPSA) is 154 Å². The van der Waals surface area contributed by atoms with Crippen molar-refractivity contribution in [2.24, 2.45) is 11.8 Å². The van der Waals surface area contributed by atoms with Gasteiger partial charge in [-0.25, -0.2) is 0 Å². The van der Waals surface area contributed by atoms with Gasteiger partial charge < -0.3 is 30.5 Å². The Labute approximate surface area is 230 Å². The highest BCUT2D eigenvalue weighted by Crippen LogP contribution is 2.22. The van der Waals surface area contributed by atoms with Crippen LogP contribution in [0.25, 0.3) is 0 Å². The molecule has 39 heavy (non-hydrogen) atoms. The molecule has 0 spiro atoms. The van der Waals surface area contributed by atoms with E-state index in [0.29, 0.717) is 19.4 Å². The van der Waals surface area contributed by atoms with E-state index in [1.165, 1.54) is 16.8 Å². The van der Waals surface area contributed by atoms with Crippen molar-refractivity contribution in [3.05, 3.63) is 0 Å². The number of nitrogens with zero attached hydrogens (tertiary/aromatic N) is 2. The van der Waals surface area contributed by atoms with Crippen molar-refractivity contribution >= 4 is 35.5 Å². The molecule has 0 aromatic heterocycles. The maximum absolute atomic E-state index is 13.5. The highest BCUT2D eigenvalue weighted by atomic mass is 16.5. The van der Waals surface area contributed by atoms with Gasteiger partial charge in [0.2, 0.25) is 23.6 Å². The molecule has 0 aliphatic carbocycles. The zero-order chi connectivity index (χ0) is 29.4. The van der Waals surface area contributed by atoms with Gasteiger partial charge in [-0.2, -0.15) is 0 Å². The summed E-state index contributed by atoms with van der Waals surface area (Å²) in [5, 5.41) is 8.13. The smallest absolute Gasteiger partial charge is 0.308 e. The molecule has 12 nitrogen and oxygen atoms in total. The van der Waals surface area contributed by atoms with E-state index in [1.54, 1.807) is 27.7 Å². The molecular weight excluding hydrogens is 506 g/mol. The standard InChI is InChI=1S/C27H45N5O7/c1-8-18-24(35)30-22(16(4)5)27(38)31(7)17(6)23(34)28-12-11-21(33)39-20(14-15(2)3)26(37)32-13-9-10-19(32)25(36)29-18/h15-20,22H,8-14H2,1-7H3,(H,28,34)(H,29,36)(H,30,35)/t17?,18-,19-,20+,22-/m0/s1. The molecule has 220 valence electrons. The lowest BCUT2D eigenvalue weighted by atomic mass is 10.0. The molecule has 0 aromatic carbocycles. The Kier molecular flexibility index (Phi) is 11.7. The van der Waals surface area contributed by atoms with Crippen molar-refractivity contribution in [3.63, 3.8) is 0 Å². The average molecular weight is 552 g/mol. The monoisotopic (exact) mass is 551 g/mol. The first kappa shape index (κ1) is 32.0. The second kappa shape index (κ2) is 14.3. The van der Waals surface area contributed by atoms with Gasteiger partial charge in [0.15, 0.2) is 6.10 Å². The third kappa shape index (κ3) is 8.40. The molecule has 12 heteroatoms. The van der Waals surface area contributed by atoms with Crippen molar-refractivity contribution in [1.29, 1.82) is 0 Å². The molecule has 5 amide bonds. The number of carbonyl (C=O) groups is 6. The quantitative estimate of drug-likeness (QED) is 0.426. The second-order valence-electron chi connectivity index (χ2n) is 11.2. The minimum absolute atomic E-state index is 0.0378. The highest BCUT2D eigenvalue weighted by molar-refractivity contribution is 5.96. The number of hydrogen-bond donors (Lipinski definition) is 3. The first-order valence-corrected chi connectivity index (χ1v) is 13.9. The maximum atomic E-state index is 13.5. The largest absolute Gasteiger partial charge is 0.452 e. The number of carbonyl (C=O) groups excluding carboxylic acids is 6. The van der Waals surface area contributed by atoms with E-state index in [-0.39, 0.29) is 37.6 Å². The van der Waals surface area contributed by atoms with E-state index < -0.39 is 65.8 Å². The fraction of sp³-hybridized carbons (Fsp3) is 0.778. The van der Waals surface area contributed by atoms with Gasteiger partial charge in [-0.15, -0.1) is 0 Å². The fourth-order valence-corrected chi connectivity index (χ4v) is 4.74. The van der Waals surface area contributed by atoms with E-state index in [0.717, 1.165) is 0 Å². The van der Waals surface area contributed by atoms with Gasteiger partial charge in [-0.3, -0.25) is 28.8 Å². The molecule has 5 atom stereocenters. The van der Waals surface area contributed by atoms with E-state index >= 15 is 0 Å². The second-order valence-corrected chi connectivity index (χ2v) is 11.2. The third-order valence-corrected chi connectivity index (χ3v) is 7.28. The predicted octanol–water partition coefficient (Wildman–Crippen LogP) is 0.338. The summed E-state index contributed by atoms with van der Waals surface area (Å²) in [4.78, 5) is 81.2. The summed E-state index contributed by atoms with van der Waals surface area (Å²) in [7, 11) is 1.47. The van der Waals surface area contributed by atoms with Crippen LogP contribution in [-0.4, -0.2) is 95.7 Å². The number of esters is 1. The minimum Gasteiger partial charge on any atom is -0.452 e. The highest BCUT2D eigenvalue weighted by Gasteiger charge is 2.40. The number of hydrogen-bond acceptors (Lipinski definition) is 7. The van der Waals surface area contributed by atoms with Gasteiger partial charge in [0.25, 0.3) is 5.91 Å². The Morgan fingerprint density at radius 2 is 1.62 bits per heavy atom. The van der Waals surface area contributed by atoms with Crippen LogP contribution in [0.5, 0.6) is 0 Å². The Morgan fingerprint density at radius 3 is 2.21 bits per heavy atom. The van der Waals surface area contributed by atoms with Gasteiger partial charge in [0, 0.05) is 20.1 Å². The normalized spacial score (nSPS) is 28.8.